The van der Waals surface area contributed by atoms with Crippen LogP contribution in [-0.2, 0) is 4.79 Å². The first-order valence-corrected chi connectivity index (χ1v) is 6.42. The molecule has 1 aromatic carbocycles. The molecule has 6 heteroatoms. The number of halogens is 1. The van der Waals surface area contributed by atoms with Gasteiger partial charge in [-0.15, -0.1) is 11.8 Å². The first kappa shape index (κ1) is 14.5. The van der Waals surface area contributed by atoms with Crippen molar-refractivity contribution >= 4 is 23.7 Å². The Morgan fingerprint density at radius 3 is 2.67 bits per heavy atom. The van der Waals surface area contributed by atoms with Crippen LogP contribution >= 0.6 is 11.8 Å². The third kappa shape index (κ3) is 4.37. The van der Waals surface area contributed by atoms with E-state index >= 15 is 0 Å². The minimum atomic E-state index is -0.551. The lowest BCUT2D eigenvalue weighted by atomic mass is 10.3. The molecule has 0 heterocycles. The zero-order valence-corrected chi connectivity index (χ0v) is 11.0. The fraction of sp³-hybridized carbons (Fsp3) is 0.333. The zero-order valence-electron chi connectivity index (χ0n) is 10.2. The standard InChI is InChI=1S/C12H15FN2O2S/c1-3-14-12(17)15-11(16)8(2)18-10-7-5-4-6-9(10)13/h4-8H,3H2,1-2H3,(H2,14,15,16,17). The summed E-state index contributed by atoms with van der Waals surface area (Å²) in [6, 6.07) is 5.66. The molecule has 1 rings (SSSR count). The smallest absolute Gasteiger partial charge is 0.321 e. The van der Waals surface area contributed by atoms with Gasteiger partial charge in [-0.1, -0.05) is 12.1 Å². The lowest BCUT2D eigenvalue weighted by Gasteiger charge is -2.11. The van der Waals surface area contributed by atoms with Crippen LogP contribution in [0, 0.1) is 5.82 Å². The lowest BCUT2D eigenvalue weighted by Crippen LogP contribution is -2.42. The fourth-order valence-corrected chi connectivity index (χ4v) is 2.09. The molecule has 4 nitrogen and oxygen atoms in total. The molecule has 0 aliphatic carbocycles. The molecule has 0 aliphatic heterocycles. The molecule has 0 saturated carbocycles. The van der Waals surface area contributed by atoms with Gasteiger partial charge in [-0.05, 0) is 26.0 Å². The Kier molecular flexibility index (Phi) is 5.64. The SMILES string of the molecule is CCNC(=O)NC(=O)C(C)Sc1ccccc1F. The number of nitrogens with one attached hydrogen (secondary N) is 2. The number of hydrogen-bond donors (Lipinski definition) is 2. The Labute approximate surface area is 109 Å². The minimum absolute atomic E-state index is 0.375. The molecule has 0 saturated heterocycles. The fourth-order valence-electron chi connectivity index (χ4n) is 1.20. The summed E-state index contributed by atoms with van der Waals surface area (Å²) in [5.41, 5.74) is 0. The predicted molar refractivity (Wildman–Crippen MR) is 68.9 cm³/mol. The van der Waals surface area contributed by atoms with Crippen LogP contribution in [0.1, 0.15) is 13.8 Å². The van der Waals surface area contributed by atoms with E-state index in [1.807, 2.05) is 0 Å². The van der Waals surface area contributed by atoms with Crippen molar-refractivity contribution < 1.29 is 14.0 Å². The van der Waals surface area contributed by atoms with Gasteiger partial charge in [0, 0.05) is 11.4 Å². The lowest BCUT2D eigenvalue weighted by molar-refractivity contribution is -0.119. The molecule has 0 fully saturated rings. The summed E-state index contributed by atoms with van der Waals surface area (Å²) in [5, 5.41) is 4.09. The molecular weight excluding hydrogens is 255 g/mol. The number of hydrogen-bond acceptors (Lipinski definition) is 3. The van der Waals surface area contributed by atoms with E-state index in [2.05, 4.69) is 10.6 Å². The molecule has 0 bridgehead atoms. The van der Waals surface area contributed by atoms with Gasteiger partial charge < -0.3 is 5.32 Å². The van der Waals surface area contributed by atoms with E-state index in [1.54, 1.807) is 32.0 Å². The number of benzene rings is 1. The molecule has 1 aromatic rings. The third-order valence-electron chi connectivity index (χ3n) is 2.08. The van der Waals surface area contributed by atoms with Crippen molar-refractivity contribution in [1.82, 2.24) is 10.6 Å². The molecule has 18 heavy (non-hydrogen) atoms. The maximum atomic E-state index is 13.4. The first-order chi connectivity index (χ1) is 8.54. The highest BCUT2D eigenvalue weighted by Crippen LogP contribution is 2.25. The molecule has 98 valence electrons. The average Bonchev–Trinajstić information content (AvgIpc) is 2.32. The van der Waals surface area contributed by atoms with Crippen molar-refractivity contribution in [3.05, 3.63) is 30.1 Å². The number of urea groups is 1. The number of carbonyl (C=O) groups excluding carboxylic acids is 2. The first-order valence-electron chi connectivity index (χ1n) is 5.54. The number of carbonyl (C=O) groups is 2. The van der Waals surface area contributed by atoms with E-state index in [0.717, 1.165) is 11.8 Å². The summed E-state index contributed by atoms with van der Waals surface area (Å²) in [6.45, 7) is 3.81. The van der Waals surface area contributed by atoms with Crippen LogP contribution in [0.4, 0.5) is 9.18 Å². The van der Waals surface area contributed by atoms with Gasteiger partial charge in [-0.2, -0.15) is 0 Å². The highest BCUT2D eigenvalue weighted by molar-refractivity contribution is 8.00. The van der Waals surface area contributed by atoms with Crippen LogP contribution in [0.5, 0.6) is 0 Å². The Morgan fingerprint density at radius 2 is 2.06 bits per heavy atom. The molecule has 1 unspecified atom stereocenters. The van der Waals surface area contributed by atoms with Crippen LogP contribution in [-0.4, -0.2) is 23.7 Å². The van der Waals surface area contributed by atoms with E-state index < -0.39 is 17.2 Å². The van der Waals surface area contributed by atoms with E-state index in [0.29, 0.717) is 11.4 Å². The second-order valence-electron chi connectivity index (χ2n) is 3.54. The van der Waals surface area contributed by atoms with Crippen molar-refractivity contribution in [2.75, 3.05) is 6.54 Å². The van der Waals surface area contributed by atoms with Gasteiger partial charge in [0.25, 0.3) is 0 Å². The van der Waals surface area contributed by atoms with Crippen LogP contribution < -0.4 is 10.6 Å². The maximum absolute atomic E-state index is 13.4. The second kappa shape index (κ2) is 7.00. The van der Waals surface area contributed by atoms with Crippen LogP contribution in [0.3, 0.4) is 0 Å². The van der Waals surface area contributed by atoms with Crippen molar-refractivity contribution in [3.8, 4) is 0 Å². The molecular formula is C12H15FN2O2S. The Bertz CT molecular complexity index is 440. The summed E-state index contributed by atoms with van der Waals surface area (Å²) in [5.74, 6) is -0.825. The Hall–Kier alpha value is -1.56. The third-order valence-corrected chi connectivity index (χ3v) is 3.24. The van der Waals surface area contributed by atoms with Gasteiger partial charge in [0.15, 0.2) is 0 Å². The average molecular weight is 270 g/mol. The van der Waals surface area contributed by atoms with Crippen LogP contribution in [0.15, 0.2) is 29.2 Å². The van der Waals surface area contributed by atoms with E-state index in [-0.39, 0.29) is 5.82 Å². The van der Waals surface area contributed by atoms with Gasteiger partial charge in [0.05, 0.1) is 5.25 Å². The number of amides is 3. The van der Waals surface area contributed by atoms with Crippen molar-refractivity contribution in [2.24, 2.45) is 0 Å². The summed E-state index contributed by atoms with van der Waals surface area (Å²) < 4.78 is 13.4. The van der Waals surface area contributed by atoms with Gasteiger partial charge in [0.1, 0.15) is 5.82 Å². The van der Waals surface area contributed by atoms with Crippen molar-refractivity contribution in [2.45, 2.75) is 24.0 Å². The van der Waals surface area contributed by atoms with Gasteiger partial charge in [0.2, 0.25) is 5.91 Å². The summed E-state index contributed by atoms with van der Waals surface area (Å²) >= 11 is 1.07. The van der Waals surface area contributed by atoms with Crippen LogP contribution in [0.25, 0.3) is 0 Å². The highest BCUT2D eigenvalue weighted by atomic mass is 32.2. The van der Waals surface area contributed by atoms with Gasteiger partial charge in [-0.25, -0.2) is 9.18 Å². The normalized spacial score (nSPS) is 11.7. The van der Waals surface area contributed by atoms with E-state index in [1.165, 1.54) is 6.07 Å². The van der Waals surface area contributed by atoms with Gasteiger partial charge >= 0.3 is 6.03 Å². The Morgan fingerprint density at radius 1 is 1.39 bits per heavy atom. The van der Waals surface area contributed by atoms with Crippen molar-refractivity contribution in [1.29, 1.82) is 0 Å². The zero-order chi connectivity index (χ0) is 13.5. The summed E-state index contributed by atoms with van der Waals surface area (Å²) in [7, 11) is 0. The second-order valence-corrected chi connectivity index (χ2v) is 4.92. The quantitative estimate of drug-likeness (QED) is 0.824. The number of rotatable bonds is 4. The topological polar surface area (TPSA) is 58.2 Å². The number of imide groups is 1. The Balaban J connectivity index is 2.55. The molecule has 3 amide bonds. The number of thioether (sulfide) groups is 1. The maximum Gasteiger partial charge on any atom is 0.321 e. The monoisotopic (exact) mass is 270 g/mol. The molecule has 0 aliphatic rings. The largest absolute Gasteiger partial charge is 0.338 e. The molecule has 0 aromatic heterocycles. The predicted octanol–water partition coefficient (Wildman–Crippen LogP) is 2.15. The van der Waals surface area contributed by atoms with Crippen LogP contribution in [0.2, 0.25) is 0 Å². The highest BCUT2D eigenvalue weighted by Gasteiger charge is 2.17. The molecule has 1 atom stereocenters. The molecule has 2 N–H and O–H groups in total. The summed E-state index contributed by atoms with van der Waals surface area (Å²) in [6.07, 6.45) is 0. The molecule has 0 spiro atoms. The van der Waals surface area contributed by atoms with Gasteiger partial charge in [-0.3, -0.25) is 10.1 Å². The summed E-state index contributed by atoms with van der Waals surface area (Å²) in [4.78, 5) is 23.2. The van der Waals surface area contributed by atoms with E-state index in [9.17, 15) is 14.0 Å². The van der Waals surface area contributed by atoms with E-state index in [4.69, 9.17) is 0 Å². The van der Waals surface area contributed by atoms with Crippen molar-refractivity contribution in [3.63, 3.8) is 0 Å². The minimum Gasteiger partial charge on any atom is -0.338 e. The molecule has 0 radical (unpaired) electrons.